The first kappa shape index (κ1) is 44.1. The van der Waals surface area contributed by atoms with E-state index in [2.05, 4.69) is 0 Å². The lowest BCUT2D eigenvalue weighted by Crippen LogP contribution is -2.37. The number of hydrogen-bond acceptors (Lipinski definition) is 11. The van der Waals surface area contributed by atoms with Crippen molar-refractivity contribution in [1.82, 2.24) is 0 Å². The highest BCUT2D eigenvalue weighted by Gasteiger charge is 2.27. The Bertz CT molecular complexity index is 398. The quantitative estimate of drug-likeness (QED) is 0.120. The smallest absolute Gasteiger partial charge is 0.303 e. The number of aliphatic hydroxyl groups is 8. The summed E-state index contributed by atoms with van der Waals surface area (Å²) in [7, 11) is 0. The molecule has 0 spiro atoms. The second-order valence-corrected chi connectivity index (χ2v) is 7.70. The van der Waals surface area contributed by atoms with Gasteiger partial charge in [-0.25, -0.2) is 0 Å². The van der Waals surface area contributed by atoms with Gasteiger partial charge in [0.2, 0.25) is 0 Å². The lowest BCUT2D eigenvalue weighted by atomic mass is 9.93. The van der Waals surface area contributed by atoms with Crippen molar-refractivity contribution in [2.45, 2.75) is 59.3 Å². The standard InChI is InChI=1S/2C5H12O4.3C4H8O2/c2*6-1-5(2-7,3-8)4-9;3*1-2-3-4(5)6/h2*6-9H,1-4H2;3*2-3H2,1H3,(H,5,6). The van der Waals surface area contributed by atoms with E-state index in [0.29, 0.717) is 19.3 Å². The molecule has 0 heterocycles. The lowest BCUT2D eigenvalue weighted by Gasteiger charge is -2.23. The topological polar surface area (TPSA) is 274 Å². The first-order chi connectivity index (χ1) is 16.8. The van der Waals surface area contributed by atoms with Crippen molar-refractivity contribution in [3.8, 4) is 0 Å². The van der Waals surface area contributed by atoms with E-state index in [1.54, 1.807) is 0 Å². The maximum absolute atomic E-state index is 9.60. The summed E-state index contributed by atoms with van der Waals surface area (Å²) in [4.78, 5) is 28.8. The molecule has 0 rings (SSSR count). The van der Waals surface area contributed by atoms with Crippen molar-refractivity contribution in [3.63, 3.8) is 0 Å². The number of rotatable bonds is 14. The SMILES string of the molecule is CCCC(=O)O.CCCC(=O)O.CCCC(=O)O.OCC(CO)(CO)CO.OCC(CO)(CO)CO. The van der Waals surface area contributed by atoms with Crippen LogP contribution >= 0.6 is 0 Å². The molecule has 0 bridgehead atoms. The van der Waals surface area contributed by atoms with E-state index in [0.717, 1.165) is 19.3 Å². The predicted molar refractivity (Wildman–Crippen MR) is 129 cm³/mol. The molecule has 0 aromatic heterocycles. The Morgan fingerprint density at radius 3 is 0.556 bits per heavy atom. The highest BCUT2D eigenvalue weighted by Crippen LogP contribution is 2.12. The third-order valence-corrected chi connectivity index (χ3v) is 4.07. The van der Waals surface area contributed by atoms with Crippen LogP contribution in [0.5, 0.6) is 0 Å². The lowest BCUT2D eigenvalue weighted by molar-refractivity contribution is -0.138. The first-order valence-electron chi connectivity index (χ1n) is 11.3. The maximum Gasteiger partial charge on any atom is 0.303 e. The minimum atomic E-state index is -1.11. The van der Waals surface area contributed by atoms with Gasteiger partial charge in [-0.3, -0.25) is 14.4 Å². The Balaban J connectivity index is -0.000000113. The fourth-order valence-electron chi connectivity index (χ4n) is 1.24. The molecular weight excluding hydrogens is 488 g/mol. The predicted octanol–water partition coefficient (Wildman–Crippen LogP) is -1.50. The van der Waals surface area contributed by atoms with E-state index in [9.17, 15) is 14.4 Å². The summed E-state index contributed by atoms with van der Waals surface area (Å²) in [5, 5.41) is 91.7. The highest BCUT2D eigenvalue weighted by atomic mass is 16.4. The number of carboxylic acids is 3. The van der Waals surface area contributed by atoms with Crippen molar-refractivity contribution < 1.29 is 70.6 Å². The van der Waals surface area contributed by atoms with Crippen molar-refractivity contribution in [1.29, 1.82) is 0 Å². The molecule has 11 N–H and O–H groups in total. The van der Waals surface area contributed by atoms with Gasteiger partial charge in [0, 0.05) is 19.3 Å². The van der Waals surface area contributed by atoms with Crippen LogP contribution < -0.4 is 0 Å². The molecule has 0 aliphatic carbocycles. The number of carbonyl (C=O) groups is 3. The Morgan fingerprint density at radius 2 is 0.556 bits per heavy atom. The molecule has 14 heteroatoms. The van der Waals surface area contributed by atoms with Gasteiger partial charge in [-0.15, -0.1) is 0 Å². The van der Waals surface area contributed by atoms with Crippen LogP contribution in [-0.2, 0) is 14.4 Å². The summed E-state index contributed by atoms with van der Waals surface area (Å²) in [6.45, 7) is 2.27. The molecule has 0 amide bonds. The molecule has 0 aromatic rings. The average molecular weight is 537 g/mol. The summed E-state index contributed by atoms with van der Waals surface area (Å²) in [5.41, 5.74) is -2.22. The minimum Gasteiger partial charge on any atom is -0.481 e. The first-order valence-corrected chi connectivity index (χ1v) is 11.3. The normalized spacial score (nSPS) is 10.1. The maximum atomic E-state index is 9.60. The zero-order valence-corrected chi connectivity index (χ0v) is 21.5. The van der Waals surface area contributed by atoms with E-state index in [1.165, 1.54) is 0 Å². The Hall–Kier alpha value is -1.91. The second-order valence-electron chi connectivity index (χ2n) is 7.70. The summed E-state index contributed by atoms with van der Waals surface area (Å²) in [6.07, 6.45) is 3.07. The Labute approximate surface area is 212 Å². The zero-order chi connectivity index (χ0) is 29.6. The fraction of sp³-hybridized carbons (Fsp3) is 0.864. The molecule has 0 fully saturated rings. The van der Waals surface area contributed by atoms with Crippen LogP contribution in [0.25, 0.3) is 0 Å². The van der Waals surface area contributed by atoms with E-state index in [-0.39, 0.29) is 0 Å². The van der Waals surface area contributed by atoms with Crippen LogP contribution in [0.15, 0.2) is 0 Å². The van der Waals surface area contributed by atoms with Gasteiger partial charge < -0.3 is 56.2 Å². The third kappa shape index (κ3) is 32.1. The molecule has 0 unspecified atom stereocenters. The van der Waals surface area contributed by atoms with E-state index >= 15 is 0 Å². The summed E-state index contributed by atoms with van der Waals surface area (Å²) >= 11 is 0. The van der Waals surface area contributed by atoms with Crippen LogP contribution in [0.3, 0.4) is 0 Å². The molecule has 0 radical (unpaired) electrons. The van der Waals surface area contributed by atoms with Crippen molar-refractivity contribution >= 4 is 17.9 Å². The van der Waals surface area contributed by atoms with Gasteiger partial charge in [0.25, 0.3) is 0 Å². The number of carboxylic acid groups (broad SMARTS) is 3. The van der Waals surface area contributed by atoms with E-state index in [4.69, 9.17) is 56.2 Å². The molecule has 0 saturated carbocycles. The highest BCUT2D eigenvalue weighted by molar-refractivity contribution is 5.67. The monoisotopic (exact) mass is 536 g/mol. The average Bonchev–Trinajstić information content (AvgIpc) is 2.84. The second kappa shape index (κ2) is 31.1. The molecule has 0 aromatic carbocycles. The van der Waals surface area contributed by atoms with Gasteiger partial charge in [-0.05, 0) is 19.3 Å². The Kier molecular flexibility index (Phi) is 38.1. The van der Waals surface area contributed by atoms with Crippen LogP contribution in [-0.4, -0.2) is 127 Å². The van der Waals surface area contributed by atoms with Crippen molar-refractivity contribution in [3.05, 3.63) is 0 Å². The van der Waals surface area contributed by atoms with Gasteiger partial charge in [0.15, 0.2) is 0 Å². The summed E-state index contributed by atoms with van der Waals surface area (Å²) in [6, 6.07) is 0. The minimum absolute atomic E-state index is 0.292. The molecule has 36 heavy (non-hydrogen) atoms. The van der Waals surface area contributed by atoms with Gasteiger partial charge in [-0.2, -0.15) is 0 Å². The van der Waals surface area contributed by atoms with Gasteiger partial charge in [-0.1, -0.05) is 20.8 Å². The summed E-state index contributed by atoms with van der Waals surface area (Å²) in [5.74, 6) is -2.13. The summed E-state index contributed by atoms with van der Waals surface area (Å²) < 4.78 is 0. The van der Waals surface area contributed by atoms with Crippen LogP contribution in [0, 0.1) is 10.8 Å². The molecule has 0 atom stereocenters. The Morgan fingerprint density at radius 1 is 0.417 bits per heavy atom. The molecule has 14 nitrogen and oxygen atoms in total. The largest absolute Gasteiger partial charge is 0.481 e. The number of aliphatic hydroxyl groups excluding tert-OH is 8. The van der Waals surface area contributed by atoms with Crippen molar-refractivity contribution in [2.75, 3.05) is 52.9 Å². The third-order valence-electron chi connectivity index (χ3n) is 4.07. The number of aliphatic carboxylic acids is 3. The van der Waals surface area contributed by atoms with Crippen LogP contribution in [0.2, 0.25) is 0 Å². The fourth-order valence-corrected chi connectivity index (χ4v) is 1.24. The van der Waals surface area contributed by atoms with Gasteiger partial charge >= 0.3 is 17.9 Å². The number of hydrogen-bond donors (Lipinski definition) is 11. The molecule has 0 saturated heterocycles. The molecular formula is C22H48O14. The molecule has 0 aliphatic heterocycles. The van der Waals surface area contributed by atoms with Crippen LogP contribution in [0.1, 0.15) is 59.3 Å². The van der Waals surface area contributed by atoms with Crippen molar-refractivity contribution in [2.24, 2.45) is 10.8 Å². The zero-order valence-electron chi connectivity index (χ0n) is 21.5. The molecule has 220 valence electrons. The molecule has 0 aliphatic rings. The van der Waals surface area contributed by atoms with E-state index < -0.39 is 81.6 Å². The van der Waals surface area contributed by atoms with Gasteiger partial charge in [0.1, 0.15) is 0 Å². The van der Waals surface area contributed by atoms with E-state index in [1.807, 2.05) is 20.8 Å². The van der Waals surface area contributed by atoms with Gasteiger partial charge in [0.05, 0.1) is 63.7 Å². The van der Waals surface area contributed by atoms with Crippen LogP contribution in [0.4, 0.5) is 0 Å².